The van der Waals surface area contributed by atoms with E-state index in [0.29, 0.717) is 5.92 Å². The third kappa shape index (κ3) is 3.94. The van der Waals surface area contributed by atoms with Crippen molar-refractivity contribution in [1.29, 1.82) is 0 Å². The fourth-order valence-electron chi connectivity index (χ4n) is 0.972. The van der Waals surface area contributed by atoms with Gasteiger partial charge in [-0.05, 0) is 19.8 Å². The molecule has 3 unspecified atom stereocenters. The lowest BCUT2D eigenvalue weighted by molar-refractivity contribution is 0.432. The Balaban J connectivity index is 4.37. The van der Waals surface area contributed by atoms with Crippen LogP contribution in [0.1, 0.15) is 34.1 Å². The van der Waals surface area contributed by atoms with Crippen LogP contribution in [0.3, 0.4) is 0 Å². The van der Waals surface area contributed by atoms with Crippen LogP contribution in [0.5, 0.6) is 0 Å². The van der Waals surface area contributed by atoms with Gasteiger partial charge in [0.1, 0.15) is 0 Å². The van der Waals surface area contributed by atoms with Crippen molar-refractivity contribution in [2.24, 2.45) is 11.7 Å². The Labute approximate surface area is 87.3 Å². The van der Waals surface area contributed by atoms with Crippen LogP contribution in [-0.2, 0) is 10.0 Å². The molecule has 0 spiro atoms. The van der Waals surface area contributed by atoms with Crippen LogP contribution in [0.25, 0.3) is 0 Å². The largest absolute Gasteiger partial charge is 0.329 e. The summed E-state index contributed by atoms with van der Waals surface area (Å²) in [5.41, 5.74) is 5.32. The van der Waals surface area contributed by atoms with Gasteiger partial charge in [0.25, 0.3) is 0 Å². The number of sulfonamides is 1. The molecule has 0 aliphatic carbocycles. The summed E-state index contributed by atoms with van der Waals surface area (Å²) >= 11 is 0. The standard InChI is InChI=1S/C9H22N2O2S/c1-5-7(2)9(4)11-14(12,13)8(3)6-10/h7-9,11H,5-6,10H2,1-4H3. The number of rotatable bonds is 6. The lowest BCUT2D eigenvalue weighted by Crippen LogP contribution is -2.43. The van der Waals surface area contributed by atoms with E-state index >= 15 is 0 Å². The maximum absolute atomic E-state index is 11.6. The average Bonchev–Trinajstić information content (AvgIpc) is 2.14. The zero-order chi connectivity index (χ0) is 11.4. The zero-order valence-electron chi connectivity index (χ0n) is 9.45. The van der Waals surface area contributed by atoms with E-state index < -0.39 is 15.3 Å². The molecule has 3 N–H and O–H groups in total. The second-order valence-corrected chi connectivity index (χ2v) is 6.01. The molecule has 0 radical (unpaired) electrons. The first-order valence-corrected chi connectivity index (χ1v) is 6.61. The topological polar surface area (TPSA) is 72.2 Å². The van der Waals surface area contributed by atoms with Gasteiger partial charge in [-0.25, -0.2) is 13.1 Å². The van der Waals surface area contributed by atoms with E-state index in [1.165, 1.54) is 0 Å². The van der Waals surface area contributed by atoms with Crippen molar-refractivity contribution in [1.82, 2.24) is 4.72 Å². The molecule has 0 amide bonds. The Kier molecular flexibility index (Phi) is 5.63. The second-order valence-electron chi connectivity index (χ2n) is 3.88. The van der Waals surface area contributed by atoms with Crippen molar-refractivity contribution in [2.45, 2.75) is 45.4 Å². The quantitative estimate of drug-likeness (QED) is 0.694. The van der Waals surface area contributed by atoms with Crippen molar-refractivity contribution in [3.63, 3.8) is 0 Å². The maximum Gasteiger partial charge on any atom is 0.215 e. The highest BCUT2D eigenvalue weighted by atomic mass is 32.2. The van der Waals surface area contributed by atoms with E-state index in [2.05, 4.69) is 4.72 Å². The molecule has 0 aliphatic heterocycles. The maximum atomic E-state index is 11.6. The van der Waals surface area contributed by atoms with Crippen LogP contribution in [0.15, 0.2) is 0 Å². The van der Waals surface area contributed by atoms with Crippen LogP contribution in [0.4, 0.5) is 0 Å². The van der Waals surface area contributed by atoms with Crippen LogP contribution in [-0.4, -0.2) is 26.3 Å². The number of nitrogens with one attached hydrogen (secondary N) is 1. The normalized spacial score (nSPS) is 18.9. The van der Waals surface area contributed by atoms with Crippen molar-refractivity contribution in [2.75, 3.05) is 6.54 Å². The molecule has 0 saturated carbocycles. The first kappa shape index (κ1) is 13.9. The molecule has 4 nitrogen and oxygen atoms in total. The van der Waals surface area contributed by atoms with Gasteiger partial charge in [-0.1, -0.05) is 20.3 Å². The predicted molar refractivity (Wildman–Crippen MR) is 59.5 cm³/mol. The summed E-state index contributed by atoms with van der Waals surface area (Å²) in [6, 6.07) is -0.0287. The van der Waals surface area contributed by atoms with Crippen LogP contribution in [0.2, 0.25) is 0 Å². The molecule has 0 aromatic heterocycles. The first-order valence-electron chi connectivity index (χ1n) is 5.06. The minimum atomic E-state index is -3.24. The van der Waals surface area contributed by atoms with Crippen LogP contribution < -0.4 is 10.5 Å². The molecule has 86 valence electrons. The van der Waals surface area contributed by atoms with Gasteiger partial charge in [-0.15, -0.1) is 0 Å². The molecule has 14 heavy (non-hydrogen) atoms. The lowest BCUT2D eigenvalue weighted by Gasteiger charge is -2.21. The molecular weight excluding hydrogens is 200 g/mol. The molecule has 0 aromatic rings. The highest BCUT2D eigenvalue weighted by Crippen LogP contribution is 2.09. The van der Waals surface area contributed by atoms with Crippen LogP contribution in [0, 0.1) is 5.92 Å². The Morgan fingerprint density at radius 2 is 1.79 bits per heavy atom. The highest BCUT2D eigenvalue weighted by Gasteiger charge is 2.23. The van der Waals surface area contributed by atoms with Gasteiger partial charge in [0.05, 0.1) is 5.25 Å². The van der Waals surface area contributed by atoms with E-state index in [1.807, 2.05) is 20.8 Å². The smallest absolute Gasteiger partial charge is 0.215 e. The van der Waals surface area contributed by atoms with Gasteiger partial charge >= 0.3 is 0 Å². The minimum Gasteiger partial charge on any atom is -0.329 e. The Morgan fingerprint density at radius 3 is 2.14 bits per heavy atom. The predicted octanol–water partition coefficient (Wildman–Crippen LogP) is 0.688. The number of hydrogen-bond donors (Lipinski definition) is 2. The monoisotopic (exact) mass is 222 g/mol. The van der Waals surface area contributed by atoms with E-state index in [-0.39, 0.29) is 12.6 Å². The van der Waals surface area contributed by atoms with E-state index in [0.717, 1.165) is 6.42 Å². The van der Waals surface area contributed by atoms with Gasteiger partial charge in [-0.3, -0.25) is 0 Å². The SMILES string of the molecule is CCC(C)C(C)NS(=O)(=O)C(C)CN. The molecule has 0 aromatic carbocycles. The molecule has 0 heterocycles. The summed E-state index contributed by atoms with van der Waals surface area (Å²) in [6.07, 6.45) is 0.959. The Morgan fingerprint density at radius 1 is 1.29 bits per heavy atom. The fourth-order valence-corrected chi connectivity index (χ4v) is 2.21. The third-order valence-electron chi connectivity index (χ3n) is 2.71. The molecular formula is C9H22N2O2S. The molecule has 3 atom stereocenters. The van der Waals surface area contributed by atoms with Crippen molar-refractivity contribution < 1.29 is 8.42 Å². The minimum absolute atomic E-state index is 0.0287. The summed E-state index contributed by atoms with van der Waals surface area (Å²) in [6.45, 7) is 7.73. The molecule has 5 heteroatoms. The summed E-state index contributed by atoms with van der Waals surface area (Å²) in [5.74, 6) is 0.342. The molecule has 0 aliphatic rings. The summed E-state index contributed by atoms with van der Waals surface area (Å²) < 4.78 is 25.9. The van der Waals surface area contributed by atoms with E-state index in [9.17, 15) is 8.42 Å². The van der Waals surface area contributed by atoms with Gasteiger partial charge in [0.2, 0.25) is 10.0 Å². The number of hydrogen-bond acceptors (Lipinski definition) is 3. The molecule has 0 saturated heterocycles. The average molecular weight is 222 g/mol. The summed E-state index contributed by atoms with van der Waals surface area (Å²) in [5, 5.41) is -0.519. The first-order chi connectivity index (χ1) is 6.35. The molecule has 0 bridgehead atoms. The van der Waals surface area contributed by atoms with E-state index in [4.69, 9.17) is 5.73 Å². The van der Waals surface area contributed by atoms with Crippen molar-refractivity contribution in [3.05, 3.63) is 0 Å². The Hall–Kier alpha value is -0.130. The summed E-state index contributed by atoms with van der Waals surface area (Å²) in [4.78, 5) is 0. The van der Waals surface area contributed by atoms with Crippen LogP contribution >= 0.6 is 0 Å². The van der Waals surface area contributed by atoms with E-state index in [1.54, 1.807) is 6.92 Å². The molecule has 0 fully saturated rings. The summed E-state index contributed by atoms with van der Waals surface area (Å²) in [7, 11) is -3.24. The fraction of sp³-hybridized carbons (Fsp3) is 1.00. The Bertz CT molecular complexity index is 252. The third-order valence-corrected chi connectivity index (χ3v) is 4.66. The second kappa shape index (κ2) is 5.68. The van der Waals surface area contributed by atoms with Crippen molar-refractivity contribution >= 4 is 10.0 Å². The number of nitrogens with two attached hydrogens (primary N) is 1. The zero-order valence-corrected chi connectivity index (χ0v) is 10.3. The van der Waals surface area contributed by atoms with Crippen molar-refractivity contribution in [3.8, 4) is 0 Å². The van der Waals surface area contributed by atoms with Gasteiger partial charge in [0.15, 0.2) is 0 Å². The molecule has 0 rings (SSSR count). The van der Waals surface area contributed by atoms with Gasteiger partial charge < -0.3 is 5.73 Å². The lowest BCUT2D eigenvalue weighted by atomic mass is 10.0. The van der Waals surface area contributed by atoms with Gasteiger partial charge in [0, 0.05) is 12.6 Å². The van der Waals surface area contributed by atoms with Gasteiger partial charge in [-0.2, -0.15) is 0 Å². The highest BCUT2D eigenvalue weighted by molar-refractivity contribution is 7.90.